The maximum atomic E-state index is 12.9. The van der Waals surface area contributed by atoms with Crippen LogP contribution in [0.15, 0.2) is 30.3 Å². The molecule has 25 heavy (non-hydrogen) atoms. The van der Waals surface area contributed by atoms with Crippen molar-refractivity contribution >= 4 is 12.0 Å². The number of carbonyl (C=O) groups is 1. The quantitative estimate of drug-likeness (QED) is 0.780. The van der Waals surface area contributed by atoms with E-state index in [0.29, 0.717) is 18.2 Å². The van der Waals surface area contributed by atoms with Crippen molar-refractivity contribution in [3.63, 3.8) is 0 Å². The SMILES string of the molecule is O=C(CCC1CCCN(CC=Cc2ccc(F)cc2)C1)N1CCCC1. The Morgan fingerprint density at radius 3 is 2.64 bits per heavy atom. The molecule has 0 radical (unpaired) electrons. The molecule has 2 aliphatic rings. The Kier molecular flexibility index (Phi) is 6.62. The first-order valence-corrected chi connectivity index (χ1v) is 9.63. The van der Waals surface area contributed by atoms with Gasteiger partial charge in [-0.15, -0.1) is 0 Å². The second-order valence-corrected chi connectivity index (χ2v) is 7.35. The molecule has 2 fully saturated rings. The molecule has 136 valence electrons. The van der Waals surface area contributed by atoms with E-state index in [1.54, 1.807) is 12.1 Å². The molecule has 1 aromatic rings. The highest BCUT2D eigenvalue weighted by molar-refractivity contribution is 5.76. The van der Waals surface area contributed by atoms with Crippen molar-refractivity contribution in [2.45, 2.75) is 38.5 Å². The van der Waals surface area contributed by atoms with Gasteiger partial charge in [0.1, 0.15) is 5.82 Å². The van der Waals surface area contributed by atoms with Crippen LogP contribution in [0.5, 0.6) is 0 Å². The third kappa shape index (κ3) is 5.67. The van der Waals surface area contributed by atoms with E-state index in [-0.39, 0.29) is 5.82 Å². The summed E-state index contributed by atoms with van der Waals surface area (Å²) in [6.07, 6.45) is 10.7. The van der Waals surface area contributed by atoms with Crippen LogP contribution in [0.3, 0.4) is 0 Å². The lowest BCUT2D eigenvalue weighted by Crippen LogP contribution is -2.36. The first-order valence-electron chi connectivity index (χ1n) is 9.63. The van der Waals surface area contributed by atoms with Gasteiger partial charge in [0.25, 0.3) is 0 Å². The van der Waals surface area contributed by atoms with Crippen LogP contribution in [0.1, 0.15) is 44.1 Å². The summed E-state index contributed by atoms with van der Waals surface area (Å²) in [5, 5.41) is 0. The van der Waals surface area contributed by atoms with E-state index in [1.165, 1.54) is 37.8 Å². The van der Waals surface area contributed by atoms with Gasteiger partial charge in [-0.3, -0.25) is 9.69 Å². The summed E-state index contributed by atoms with van der Waals surface area (Å²) in [6, 6.07) is 6.59. The second kappa shape index (κ2) is 9.14. The third-order valence-corrected chi connectivity index (χ3v) is 5.37. The Labute approximate surface area is 150 Å². The van der Waals surface area contributed by atoms with Crippen LogP contribution in [0.2, 0.25) is 0 Å². The zero-order valence-electron chi connectivity index (χ0n) is 15.0. The van der Waals surface area contributed by atoms with Crippen LogP contribution < -0.4 is 0 Å². The van der Waals surface area contributed by atoms with Gasteiger partial charge < -0.3 is 4.90 Å². The molecule has 3 rings (SSSR count). The molecule has 0 aliphatic carbocycles. The van der Waals surface area contributed by atoms with Crippen molar-refractivity contribution in [3.05, 3.63) is 41.7 Å². The standard InChI is InChI=1S/C21H29FN2O/c22-20-10-7-18(8-11-20)5-3-13-23-14-4-6-19(17-23)9-12-21(25)24-15-1-2-16-24/h3,5,7-8,10-11,19H,1-2,4,6,9,12-17H2. The molecule has 3 nitrogen and oxygen atoms in total. The molecule has 0 bridgehead atoms. The predicted octanol–water partition coefficient (Wildman–Crippen LogP) is 3.95. The minimum atomic E-state index is -0.195. The highest BCUT2D eigenvalue weighted by atomic mass is 19.1. The van der Waals surface area contributed by atoms with Crippen LogP contribution in [0, 0.1) is 11.7 Å². The maximum Gasteiger partial charge on any atom is 0.222 e. The smallest absolute Gasteiger partial charge is 0.222 e. The molecule has 1 aromatic carbocycles. The summed E-state index contributed by atoms with van der Waals surface area (Å²) in [6.45, 7) is 5.06. The minimum absolute atomic E-state index is 0.195. The van der Waals surface area contributed by atoms with E-state index in [2.05, 4.69) is 17.1 Å². The predicted molar refractivity (Wildman–Crippen MR) is 99.6 cm³/mol. The van der Waals surface area contributed by atoms with Crippen LogP contribution in [-0.4, -0.2) is 48.4 Å². The van der Waals surface area contributed by atoms with E-state index >= 15 is 0 Å². The molecule has 4 heteroatoms. The van der Waals surface area contributed by atoms with E-state index in [1.807, 2.05) is 4.90 Å². The molecule has 1 atom stereocenters. The fourth-order valence-electron chi connectivity index (χ4n) is 3.92. The lowest BCUT2D eigenvalue weighted by atomic mass is 9.93. The second-order valence-electron chi connectivity index (χ2n) is 7.35. The average molecular weight is 344 g/mol. The summed E-state index contributed by atoms with van der Waals surface area (Å²) >= 11 is 0. The normalized spacial score (nSPS) is 22.0. The van der Waals surface area contributed by atoms with Gasteiger partial charge in [-0.2, -0.15) is 0 Å². The molecule has 2 saturated heterocycles. The molecule has 0 spiro atoms. The number of nitrogens with zero attached hydrogens (tertiary/aromatic N) is 2. The number of likely N-dealkylation sites (tertiary alicyclic amines) is 2. The van der Waals surface area contributed by atoms with Gasteiger partial charge in [0, 0.05) is 32.6 Å². The summed E-state index contributed by atoms with van der Waals surface area (Å²) in [5.74, 6) is 0.796. The zero-order chi connectivity index (χ0) is 17.5. The average Bonchev–Trinajstić information content (AvgIpc) is 3.17. The molecule has 0 saturated carbocycles. The first-order chi connectivity index (χ1) is 12.2. The van der Waals surface area contributed by atoms with E-state index in [0.717, 1.165) is 44.7 Å². The zero-order valence-corrected chi connectivity index (χ0v) is 15.0. The van der Waals surface area contributed by atoms with Crippen molar-refractivity contribution in [3.8, 4) is 0 Å². The van der Waals surface area contributed by atoms with Crippen LogP contribution in [0.4, 0.5) is 4.39 Å². The van der Waals surface area contributed by atoms with E-state index in [4.69, 9.17) is 0 Å². The minimum Gasteiger partial charge on any atom is -0.343 e. The Balaban J connectivity index is 1.40. The van der Waals surface area contributed by atoms with Crippen molar-refractivity contribution < 1.29 is 9.18 Å². The third-order valence-electron chi connectivity index (χ3n) is 5.37. The highest BCUT2D eigenvalue weighted by Gasteiger charge is 2.22. The molecule has 1 unspecified atom stereocenters. The molecule has 0 aromatic heterocycles. The number of hydrogen-bond donors (Lipinski definition) is 0. The molecule has 0 N–H and O–H groups in total. The number of hydrogen-bond acceptors (Lipinski definition) is 2. The number of amides is 1. The highest BCUT2D eigenvalue weighted by Crippen LogP contribution is 2.22. The molecular formula is C21H29FN2O. The fraction of sp³-hybridized carbons (Fsp3) is 0.571. The summed E-state index contributed by atoms with van der Waals surface area (Å²) in [4.78, 5) is 16.7. The van der Waals surface area contributed by atoms with Crippen molar-refractivity contribution in [1.29, 1.82) is 0 Å². The fourth-order valence-corrected chi connectivity index (χ4v) is 3.92. The Morgan fingerprint density at radius 1 is 1.12 bits per heavy atom. The summed E-state index contributed by atoms with van der Waals surface area (Å²) in [7, 11) is 0. The van der Waals surface area contributed by atoms with Gasteiger partial charge in [-0.05, 0) is 62.3 Å². The summed E-state index contributed by atoms with van der Waals surface area (Å²) < 4.78 is 12.9. The van der Waals surface area contributed by atoms with Crippen LogP contribution in [-0.2, 0) is 4.79 Å². The van der Waals surface area contributed by atoms with E-state index < -0.39 is 0 Å². The van der Waals surface area contributed by atoms with Gasteiger partial charge in [0.2, 0.25) is 5.91 Å². The van der Waals surface area contributed by atoms with E-state index in [9.17, 15) is 9.18 Å². The monoisotopic (exact) mass is 344 g/mol. The summed E-state index contributed by atoms with van der Waals surface area (Å²) in [5.41, 5.74) is 1.03. The molecule has 2 aliphatic heterocycles. The number of halogens is 1. The van der Waals surface area contributed by atoms with Crippen LogP contribution >= 0.6 is 0 Å². The largest absolute Gasteiger partial charge is 0.343 e. The van der Waals surface area contributed by atoms with Crippen molar-refractivity contribution in [1.82, 2.24) is 9.80 Å². The number of piperidine rings is 1. The number of carbonyl (C=O) groups excluding carboxylic acids is 1. The van der Waals surface area contributed by atoms with Gasteiger partial charge in [-0.25, -0.2) is 4.39 Å². The topological polar surface area (TPSA) is 23.6 Å². The van der Waals surface area contributed by atoms with Crippen molar-refractivity contribution in [2.75, 3.05) is 32.7 Å². The van der Waals surface area contributed by atoms with Gasteiger partial charge in [-0.1, -0.05) is 24.3 Å². The Hall–Kier alpha value is -1.68. The Morgan fingerprint density at radius 2 is 1.88 bits per heavy atom. The van der Waals surface area contributed by atoms with Crippen LogP contribution in [0.25, 0.3) is 6.08 Å². The Bertz CT molecular complexity index is 578. The molecule has 1 amide bonds. The van der Waals surface area contributed by atoms with Gasteiger partial charge in [0.15, 0.2) is 0 Å². The van der Waals surface area contributed by atoms with Gasteiger partial charge in [0.05, 0.1) is 0 Å². The van der Waals surface area contributed by atoms with Gasteiger partial charge >= 0.3 is 0 Å². The number of benzene rings is 1. The lowest BCUT2D eigenvalue weighted by Gasteiger charge is -2.32. The maximum absolute atomic E-state index is 12.9. The molecular weight excluding hydrogens is 315 g/mol. The number of rotatable bonds is 6. The molecule has 2 heterocycles. The van der Waals surface area contributed by atoms with Crippen molar-refractivity contribution in [2.24, 2.45) is 5.92 Å². The lowest BCUT2D eigenvalue weighted by molar-refractivity contribution is -0.130. The first kappa shape index (κ1) is 18.1.